The van der Waals surface area contributed by atoms with Crippen molar-refractivity contribution in [2.45, 2.75) is 46.8 Å². The van der Waals surface area contributed by atoms with E-state index < -0.39 is 18.1 Å². The molecule has 0 bridgehead atoms. The summed E-state index contributed by atoms with van der Waals surface area (Å²) in [7, 11) is 0. The molecular weight excluding hydrogens is 358 g/mol. The van der Waals surface area contributed by atoms with Gasteiger partial charge in [0.1, 0.15) is 17.1 Å². The highest BCUT2D eigenvalue weighted by Gasteiger charge is 2.24. The van der Waals surface area contributed by atoms with Gasteiger partial charge in [0.2, 0.25) is 0 Å². The molecule has 27 heavy (non-hydrogen) atoms. The Hall–Kier alpha value is -2.64. The number of hydrogen-bond acceptors (Lipinski definition) is 5. The largest absolute Gasteiger partial charge is 0.493 e. The molecule has 1 heterocycles. The van der Waals surface area contributed by atoms with Crippen LogP contribution < -0.4 is 9.47 Å². The van der Waals surface area contributed by atoms with Crippen LogP contribution in [0.3, 0.4) is 0 Å². The van der Waals surface area contributed by atoms with Crippen LogP contribution in [0.5, 0.6) is 11.5 Å². The van der Waals surface area contributed by atoms with E-state index >= 15 is 0 Å². The number of carbonyl (C=O) groups is 1. The number of ether oxygens (including phenoxy) is 3. The van der Waals surface area contributed by atoms with Gasteiger partial charge in [-0.1, -0.05) is 0 Å². The smallest absolute Gasteiger partial charge is 0.338 e. The molecule has 2 rings (SSSR count). The summed E-state index contributed by atoms with van der Waals surface area (Å²) < 4.78 is 43.1. The molecule has 6 nitrogen and oxygen atoms in total. The van der Waals surface area contributed by atoms with Crippen molar-refractivity contribution in [1.82, 2.24) is 9.78 Å². The Balaban J connectivity index is 2.58. The van der Waals surface area contributed by atoms with Crippen molar-refractivity contribution in [3.8, 4) is 22.6 Å². The minimum Gasteiger partial charge on any atom is -0.493 e. The maximum atomic E-state index is 12.9. The molecule has 0 atom stereocenters. The zero-order valence-electron chi connectivity index (χ0n) is 16.1. The molecule has 1 aromatic heterocycles. The second-order valence-corrected chi connectivity index (χ2v) is 6.70. The van der Waals surface area contributed by atoms with Crippen LogP contribution in [0.1, 0.15) is 51.5 Å². The highest BCUT2D eigenvalue weighted by atomic mass is 19.3. The maximum Gasteiger partial charge on any atom is 0.338 e. The Morgan fingerprint density at radius 2 is 1.70 bits per heavy atom. The molecule has 0 aliphatic rings. The molecule has 0 unspecified atom stereocenters. The van der Waals surface area contributed by atoms with Gasteiger partial charge in [-0.15, -0.1) is 0 Å². The number of halogens is 2. The van der Waals surface area contributed by atoms with Gasteiger partial charge in [0.25, 0.3) is 0 Å². The van der Waals surface area contributed by atoms with E-state index in [4.69, 9.17) is 14.2 Å². The second kappa shape index (κ2) is 8.37. The van der Waals surface area contributed by atoms with Crippen LogP contribution in [-0.2, 0) is 4.74 Å². The summed E-state index contributed by atoms with van der Waals surface area (Å²) in [6, 6.07) is 3.05. The number of benzene rings is 1. The zero-order valence-corrected chi connectivity index (χ0v) is 16.1. The van der Waals surface area contributed by atoms with Crippen molar-refractivity contribution in [1.29, 1.82) is 0 Å². The molecule has 1 aromatic carbocycles. The van der Waals surface area contributed by atoms with Crippen molar-refractivity contribution in [2.24, 2.45) is 0 Å². The van der Waals surface area contributed by atoms with Crippen LogP contribution >= 0.6 is 0 Å². The quantitative estimate of drug-likeness (QED) is 0.650. The number of esters is 1. The lowest BCUT2D eigenvalue weighted by atomic mass is 10.0. The molecule has 0 saturated carbocycles. The van der Waals surface area contributed by atoms with Crippen LogP contribution in [0.15, 0.2) is 24.5 Å². The molecule has 0 saturated heterocycles. The Morgan fingerprint density at radius 3 is 2.11 bits per heavy atom. The molecular formula is C19H24F2N2O4. The minimum atomic E-state index is -2.76. The van der Waals surface area contributed by atoms with Gasteiger partial charge in [-0.3, -0.25) is 0 Å². The summed E-state index contributed by atoms with van der Waals surface area (Å²) in [6.07, 6.45) is 2.51. The fourth-order valence-electron chi connectivity index (χ4n) is 2.44. The second-order valence-electron chi connectivity index (χ2n) is 6.70. The molecule has 0 amide bonds. The van der Waals surface area contributed by atoms with Gasteiger partial charge >= 0.3 is 12.5 Å². The Labute approximate surface area is 157 Å². The summed E-state index contributed by atoms with van der Waals surface area (Å²) in [5.74, 6) is 0.135. The summed E-state index contributed by atoms with van der Waals surface area (Å²) in [4.78, 5) is 12.5. The first-order valence-electron chi connectivity index (χ1n) is 8.66. The number of alkyl halides is 2. The van der Waals surface area contributed by atoms with Crippen molar-refractivity contribution in [2.75, 3.05) is 13.2 Å². The van der Waals surface area contributed by atoms with Crippen LogP contribution in [0.2, 0.25) is 0 Å². The minimum absolute atomic E-state index is 0.252. The number of carbonyl (C=O) groups excluding carboxylic acids is 1. The van der Waals surface area contributed by atoms with E-state index in [-0.39, 0.29) is 5.56 Å². The Morgan fingerprint density at radius 1 is 1.15 bits per heavy atom. The molecule has 8 heteroatoms. The number of rotatable bonds is 7. The van der Waals surface area contributed by atoms with E-state index in [1.54, 1.807) is 34.6 Å². The van der Waals surface area contributed by atoms with Gasteiger partial charge in [-0.05, 0) is 46.8 Å². The van der Waals surface area contributed by atoms with Gasteiger partial charge in [0, 0.05) is 11.8 Å². The first kappa shape index (κ1) is 20.7. The highest BCUT2D eigenvalue weighted by Crippen LogP contribution is 2.40. The lowest BCUT2D eigenvalue weighted by Crippen LogP contribution is -2.24. The standard InChI is InChI=1S/C19H24F2N2O4/c1-6-25-14-8-12(17(24)27-19(3,4)5)9-15(26-7-2)16(14)13-10-22-23(11-13)18(20)21/h8-11,18H,6-7H2,1-5H3. The number of aromatic nitrogens is 2. The lowest BCUT2D eigenvalue weighted by molar-refractivity contribution is 0.00686. The number of nitrogens with zero attached hydrogens (tertiary/aromatic N) is 2. The first-order valence-corrected chi connectivity index (χ1v) is 8.66. The van der Waals surface area contributed by atoms with Gasteiger partial charge in [-0.25, -0.2) is 9.48 Å². The highest BCUT2D eigenvalue weighted by molar-refractivity contribution is 5.93. The van der Waals surface area contributed by atoms with Crippen LogP contribution in [0, 0.1) is 0 Å². The fraction of sp³-hybridized carbons (Fsp3) is 0.474. The van der Waals surface area contributed by atoms with Crippen molar-refractivity contribution >= 4 is 5.97 Å². The van der Waals surface area contributed by atoms with E-state index in [2.05, 4.69) is 5.10 Å². The summed E-state index contributed by atoms with van der Waals surface area (Å²) in [5, 5.41) is 3.66. The molecule has 0 aliphatic heterocycles. The van der Waals surface area contributed by atoms with Gasteiger partial charge in [0.05, 0.1) is 30.5 Å². The van der Waals surface area contributed by atoms with E-state index in [0.717, 1.165) is 0 Å². The third-order valence-corrected chi connectivity index (χ3v) is 3.39. The third-order valence-electron chi connectivity index (χ3n) is 3.39. The van der Waals surface area contributed by atoms with Gasteiger partial charge in [0.15, 0.2) is 0 Å². The van der Waals surface area contributed by atoms with E-state index in [0.29, 0.717) is 40.5 Å². The molecule has 0 aliphatic carbocycles. The zero-order chi connectivity index (χ0) is 20.2. The van der Waals surface area contributed by atoms with Crippen molar-refractivity contribution in [3.63, 3.8) is 0 Å². The molecule has 0 fully saturated rings. The summed E-state index contributed by atoms with van der Waals surface area (Å²) in [6.45, 7) is 6.75. The van der Waals surface area contributed by atoms with Gasteiger partial charge in [-0.2, -0.15) is 13.9 Å². The Bertz CT molecular complexity index is 770. The fourth-order valence-corrected chi connectivity index (χ4v) is 2.44. The summed E-state index contributed by atoms with van der Waals surface area (Å²) in [5.41, 5.74) is 0.448. The third kappa shape index (κ3) is 5.18. The predicted octanol–water partition coefficient (Wildman–Crippen LogP) is 4.70. The Kier molecular flexibility index (Phi) is 6.41. The van der Waals surface area contributed by atoms with E-state index in [1.807, 2.05) is 0 Å². The molecule has 0 N–H and O–H groups in total. The van der Waals surface area contributed by atoms with Crippen molar-refractivity contribution in [3.05, 3.63) is 30.1 Å². The summed E-state index contributed by atoms with van der Waals surface area (Å²) >= 11 is 0. The SMILES string of the molecule is CCOc1cc(C(=O)OC(C)(C)C)cc(OCC)c1-c1cnn(C(F)F)c1. The van der Waals surface area contributed by atoms with Crippen LogP contribution in [0.4, 0.5) is 8.78 Å². The monoisotopic (exact) mass is 382 g/mol. The maximum absolute atomic E-state index is 12.9. The average molecular weight is 382 g/mol. The molecule has 148 valence electrons. The topological polar surface area (TPSA) is 62.6 Å². The van der Waals surface area contributed by atoms with Crippen molar-refractivity contribution < 1.29 is 27.8 Å². The van der Waals surface area contributed by atoms with Gasteiger partial charge < -0.3 is 14.2 Å². The number of hydrogen-bond donors (Lipinski definition) is 0. The molecule has 2 aromatic rings. The normalized spacial score (nSPS) is 11.6. The lowest BCUT2D eigenvalue weighted by Gasteiger charge is -2.21. The predicted molar refractivity (Wildman–Crippen MR) is 96.4 cm³/mol. The first-order chi connectivity index (χ1) is 12.7. The van der Waals surface area contributed by atoms with Crippen LogP contribution in [-0.4, -0.2) is 34.6 Å². The molecule has 0 radical (unpaired) electrons. The van der Waals surface area contributed by atoms with E-state index in [1.165, 1.54) is 24.5 Å². The average Bonchev–Trinajstić information content (AvgIpc) is 3.03. The molecule has 0 spiro atoms. The van der Waals surface area contributed by atoms with Crippen LogP contribution in [0.25, 0.3) is 11.1 Å². The van der Waals surface area contributed by atoms with E-state index in [9.17, 15) is 13.6 Å².